The predicted molar refractivity (Wildman–Crippen MR) is 65.3 cm³/mol. The SMILES string of the molecule is CCCC(C)(CC)Nc1ccccc1O. The van der Waals surface area contributed by atoms with Crippen LogP contribution in [0.15, 0.2) is 24.3 Å². The Bertz CT molecular complexity index is 311. The molecule has 0 aliphatic heterocycles. The molecule has 2 N–H and O–H groups in total. The molecule has 1 rings (SSSR count). The molecule has 1 unspecified atom stereocenters. The van der Waals surface area contributed by atoms with Gasteiger partial charge in [-0.3, -0.25) is 0 Å². The summed E-state index contributed by atoms with van der Waals surface area (Å²) < 4.78 is 0. The molecule has 0 radical (unpaired) electrons. The molecule has 0 fully saturated rings. The number of hydrogen-bond donors (Lipinski definition) is 2. The van der Waals surface area contributed by atoms with Gasteiger partial charge in [0, 0.05) is 5.54 Å². The summed E-state index contributed by atoms with van der Waals surface area (Å²) in [6.45, 7) is 6.55. The fourth-order valence-electron chi connectivity index (χ4n) is 1.78. The first-order chi connectivity index (χ1) is 7.11. The number of rotatable bonds is 5. The number of aromatic hydroxyl groups is 1. The Kier molecular flexibility index (Phi) is 4.01. The molecule has 1 aromatic carbocycles. The second kappa shape index (κ2) is 5.06. The van der Waals surface area contributed by atoms with Gasteiger partial charge in [0.1, 0.15) is 5.75 Å². The van der Waals surface area contributed by atoms with Crippen molar-refractivity contribution >= 4 is 5.69 Å². The Labute approximate surface area is 92.3 Å². The number of nitrogens with one attached hydrogen (secondary N) is 1. The van der Waals surface area contributed by atoms with E-state index in [2.05, 4.69) is 26.1 Å². The molecule has 84 valence electrons. The van der Waals surface area contributed by atoms with Crippen LogP contribution in [0.3, 0.4) is 0 Å². The van der Waals surface area contributed by atoms with Crippen molar-refractivity contribution in [2.75, 3.05) is 5.32 Å². The zero-order valence-electron chi connectivity index (χ0n) is 9.88. The summed E-state index contributed by atoms with van der Waals surface area (Å²) in [5.74, 6) is 0.327. The highest BCUT2D eigenvalue weighted by Gasteiger charge is 2.21. The Morgan fingerprint density at radius 3 is 2.47 bits per heavy atom. The summed E-state index contributed by atoms with van der Waals surface area (Å²) >= 11 is 0. The highest BCUT2D eigenvalue weighted by atomic mass is 16.3. The van der Waals surface area contributed by atoms with Crippen molar-refractivity contribution in [1.29, 1.82) is 0 Å². The van der Waals surface area contributed by atoms with E-state index in [0.717, 1.165) is 24.9 Å². The number of hydrogen-bond acceptors (Lipinski definition) is 2. The van der Waals surface area contributed by atoms with E-state index in [9.17, 15) is 5.11 Å². The van der Waals surface area contributed by atoms with Crippen LogP contribution in [0.25, 0.3) is 0 Å². The monoisotopic (exact) mass is 207 g/mol. The number of phenolic OH excluding ortho intramolecular Hbond substituents is 1. The van der Waals surface area contributed by atoms with Gasteiger partial charge in [0.2, 0.25) is 0 Å². The summed E-state index contributed by atoms with van der Waals surface area (Å²) in [5.41, 5.74) is 0.906. The van der Waals surface area contributed by atoms with Crippen LogP contribution in [-0.4, -0.2) is 10.6 Å². The molecular formula is C13H21NO. The van der Waals surface area contributed by atoms with Crippen molar-refractivity contribution in [3.63, 3.8) is 0 Å². The summed E-state index contributed by atoms with van der Waals surface area (Å²) in [4.78, 5) is 0. The minimum Gasteiger partial charge on any atom is -0.506 e. The van der Waals surface area contributed by atoms with Gasteiger partial charge in [0.05, 0.1) is 5.69 Å². The average Bonchev–Trinajstić information content (AvgIpc) is 2.22. The maximum atomic E-state index is 9.68. The van der Waals surface area contributed by atoms with Crippen molar-refractivity contribution < 1.29 is 5.11 Å². The van der Waals surface area contributed by atoms with Gasteiger partial charge in [0.25, 0.3) is 0 Å². The van der Waals surface area contributed by atoms with E-state index in [4.69, 9.17) is 0 Å². The van der Waals surface area contributed by atoms with Crippen molar-refractivity contribution in [2.45, 2.75) is 45.6 Å². The number of phenols is 1. The second-order valence-electron chi connectivity index (χ2n) is 4.31. The highest BCUT2D eigenvalue weighted by molar-refractivity contribution is 5.56. The van der Waals surface area contributed by atoms with Crippen LogP contribution in [0, 0.1) is 0 Å². The lowest BCUT2D eigenvalue weighted by molar-refractivity contribution is 0.440. The van der Waals surface area contributed by atoms with Crippen molar-refractivity contribution in [3.8, 4) is 5.75 Å². The van der Waals surface area contributed by atoms with Crippen molar-refractivity contribution in [2.24, 2.45) is 0 Å². The zero-order valence-corrected chi connectivity index (χ0v) is 9.88. The normalized spacial score (nSPS) is 14.6. The molecular weight excluding hydrogens is 186 g/mol. The number of anilines is 1. The summed E-state index contributed by atoms with van der Waals surface area (Å²) in [6.07, 6.45) is 3.30. The van der Waals surface area contributed by atoms with Crippen LogP contribution in [-0.2, 0) is 0 Å². The largest absolute Gasteiger partial charge is 0.506 e. The summed E-state index contributed by atoms with van der Waals surface area (Å²) in [6, 6.07) is 7.40. The molecule has 0 spiro atoms. The lowest BCUT2D eigenvalue weighted by atomic mass is 9.92. The third-order valence-electron chi connectivity index (χ3n) is 2.92. The van der Waals surface area contributed by atoms with E-state index in [1.54, 1.807) is 6.07 Å². The Morgan fingerprint density at radius 2 is 1.93 bits per heavy atom. The van der Waals surface area contributed by atoms with Crippen LogP contribution < -0.4 is 5.32 Å². The van der Waals surface area contributed by atoms with Gasteiger partial charge < -0.3 is 10.4 Å². The Hall–Kier alpha value is -1.18. The highest BCUT2D eigenvalue weighted by Crippen LogP contribution is 2.28. The molecule has 0 aliphatic rings. The lowest BCUT2D eigenvalue weighted by Gasteiger charge is -2.30. The van der Waals surface area contributed by atoms with Gasteiger partial charge in [-0.05, 0) is 31.9 Å². The van der Waals surface area contributed by atoms with Gasteiger partial charge >= 0.3 is 0 Å². The molecule has 0 saturated heterocycles. The van der Waals surface area contributed by atoms with Gasteiger partial charge in [-0.1, -0.05) is 32.4 Å². The third-order valence-corrected chi connectivity index (χ3v) is 2.92. The quantitative estimate of drug-likeness (QED) is 0.720. The standard InChI is InChI=1S/C13H21NO/c1-4-10-13(3,5-2)14-11-8-6-7-9-12(11)15/h6-9,14-15H,4-5,10H2,1-3H3. The van der Waals surface area contributed by atoms with E-state index in [0.29, 0.717) is 5.75 Å². The first kappa shape index (κ1) is 11.9. The van der Waals surface area contributed by atoms with Crippen molar-refractivity contribution in [3.05, 3.63) is 24.3 Å². The molecule has 0 aromatic heterocycles. The van der Waals surface area contributed by atoms with E-state index in [1.165, 1.54) is 0 Å². The first-order valence-corrected chi connectivity index (χ1v) is 5.67. The van der Waals surface area contributed by atoms with Crippen LogP contribution in [0.2, 0.25) is 0 Å². The number of benzene rings is 1. The summed E-state index contributed by atoms with van der Waals surface area (Å²) in [5, 5.41) is 13.1. The molecule has 0 aliphatic carbocycles. The van der Waals surface area contributed by atoms with Crippen LogP contribution >= 0.6 is 0 Å². The molecule has 1 atom stereocenters. The molecule has 0 saturated carbocycles. The summed E-state index contributed by atoms with van der Waals surface area (Å²) in [7, 11) is 0. The van der Waals surface area contributed by atoms with E-state index < -0.39 is 0 Å². The zero-order chi connectivity index (χ0) is 11.3. The second-order valence-corrected chi connectivity index (χ2v) is 4.31. The topological polar surface area (TPSA) is 32.3 Å². The first-order valence-electron chi connectivity index (χ1n) is 5.67. The average molecular weight is 207 g/mol. The van der Waals surface area contributed by atoms with Crippen LogP contribution in [0.4, 0.5) is 5.69 Å². The Morgan fingerprint density at radius 1 is 1.27 bits per heavy atom. The smallest absolute Gasteiger partial charge is 0.138 e. The molecule has 2 nitrogen and oxygen atoms in total. The fraction of sp³-hybridized carbons (Fsp3) is 0.538. The van der Waals surface area contributed by atoms with E-state index in [-0.39, 0.29) is 5.54 Å². The molecule has 0 amide bonds. The lowest BCUT2D eigenvalue weighted by Crippen LogP contribution is -2.33. The van der Waals surface area contributed by atoms with Crippen LogP contribution in [0.5, 0.6) is 5.75 Å². The van der Waals surface area contributed by atoms with Gasteiger partial charge in [0.15, 0.2) is 0 Å². The molecule has 0 bridgehead atoms. The minimum absolute atomic E-state index is 0.0770. The van der Waals surface area contributed by atoms with Crippen molar-refractivity contribution in [1.82, 2.24) is 0 Å². The molecule has 1 aromatic rings. The molecule has 0 heterocycles. The van der Waals surface area contributed by atoms with E-state index >= 15 is 0 Å². The molecule has 15 heavy (non-hydrogen) atoms. The number of para-hydroxylation sites is 2. The maximum Gasteiger partial charge on any atom is 0.138 e. The third kappa shape index (κ3) is 3.15. The van der Waals surface area contributed by atoms with Gasteiger partial charge in [-0.2, -0.15) is 0 Å². The van der Waals surface area contributed by atoms with Gasteiger partial charge in [-0.15, -0.1) is 0 Å². The van der Waals surface area contributed by atoms with E-state index in [1.807, 2.05) is 18.2 Å². The minimum atomic E-state index is 0.0770. The van der Waals surface area contributed by atoms with Gasteiger partial charge in [-0.25, -0.2) is 0 Å². The fourth-order valence-corrected chi connectivity index (χ4v) is 1.78. The predicted octanol–water partition coefficient (Wildman–Crippen LogP) is 3.77. The Balaban J connectivity index is 2.79. The molecule has 2 heteroatoms. The van der Waals surface area contributed by atoms with Crippen LogP contribution in [0.1, 0.15) is 40.0 Å². The maximum absolute atomic E-state index is 9.68.